The second kappa shape index (κ2) is 19.7. The fourth-order valence-electron chi connectivity index (χ4n) is 11.7. The Hall–Kier alpha value is -9.91. The fraction of sp³-hybridized carbons (Fsp3) is 0.0822. The first-order valence-electron chi connectivity index (χ1n) is 26.9. The van der Waals surface area contributed by atoms with Gasteiger partial charge in [0.2, 0.25) is 0 Å². The number of benzene rings is 11. The second-order valence-corrected chi connectivity index (χ2v) is 21.4. The van der Waals surface area contributed by atoms with Crippen LogP contribution in [0.1, 0.15) is 38.9 Å². The molecule has 2 aromatic heterocycles. The number of nitriles is 1. The molecule has 13 rings (SSSR count). The molecule has 13 aromatic rings. The molecule has 0 aliphatic rings. The van der Waals surface area contributed by atoms with Crippen LogP contribution in [-0.4, -0.2) is 9.13 Å². The third-order valence-corrected chi connectivity index (χ3v) is 15.9. The van der Waals surface area contributed by atoms with E-state index in [2.05, 4.69) is 169 Å². The number of hydrogen-bond donors (Lipinski definition) is 0. The Balaban J connectivity index is 1.09. The highest BCUT2D eigenvalue weighted by molar-refractivity contribution is 6.13. The van der Waals surface area contributed by atoms with Crippen molar-refractivity contribution in [1.29, 1.82) is 5.26 Å². The molecule has 0 fully saturated rings. The van der Waals surface area contributed by atoms with Crippen molar-refractivity contribution in [3.8, 4) is 84.2 Å². The first-order chi connectivity index (χ1) is 39.5. The molecule has 0 unspecified atom stereocenters. The fourth-order valence-corrected chi connectivity index (χ4v) is 11.7. The average molecular weight is 1080 g/mol. The first-order valence-corrected chi connectivity index (χ1v) is 26.9. The summed E-state index contributed by atoms with van der Waals surface area (Å²) in [5.41, 5.74) is 15.0. The van der Waals surface area contributed by atoms with Crippen LogP contribution in [0.15, 0.2) is 224 Å². The van der Waals surface area contributed by atoms with Gasteiger partial charge < -0.3 is 9.13 Å². The van der Waals surface area contributed by atoms with E-state index in [9.17, 15) is 18.4 Å². The van der Waals surface area contributed by atoms with Crippen molar-refractivity contribution in [2.75, 3.05) is 0 Å². The Morgan fingerprint density at radius 1 is 0.329 bits per heavy atom. The molecule has 2 heterocycles. The molecule has 0 atom stereocenters. The maximum Gasteiger partial charge on any atom is 0.417 e. The van der Waals surface area contributed by atoms with Crippen molar-refractivity contribution in [2.45, 2.75) is 40.0 Å². The summed E-state index contributed by atoms with van der Waals surface area (Å²) >= 11 is 0. The van der Waals surface area contributed by atoms with E-state index in [0.29, 0.717) is 28.6 Å². The number of rotatable bonds is 8. The van der Waals surface area contributed by atoms with Gasteiger partial charge >= 0.3 is 12.4 Å². The van der Waals surface area contributed by atoms with Crippen LogP contribution in [0, 0.1) is 39.0 Å². The van der Waals surface area contributed by atoms with Crippen molar-refractivity contribution < 1.29 is 26.3 Å². The summed E-state index contributed by atoms with van der Waals surface area (Å²) < 4.78 is 92.2. The van der Waals surface area contributed by atoms with E-state index in [-0.39, 0.29) is 17.2 Å². The Labute approximate surface area is 469 Å². The minimum Gasteiger partial charge on any atom is -0.309 e. The number of nitrogens with zero attached hydrogens (tertiary/aromatic N) is 3. The standard InChI is InChI=1S/C73H49F6N3/c1-43-8-14-47(15-9-43)51-21-29-67-62(35-51)63-36-52(48-16-10-44(2)11-17-48)22-30-68(63)81(67)58-27-20-56(42-80)60(41-58)61-39-55(59-28-26-57(72(74,75)76)40-66(59)73(77,78)79)25-33-69(61)82-70-31-23-53(49-18-12-45(3)13-19-49)37-64(70)65-38-54(24-32-71(65)82)50-7-5-6-46(4)34-50/h5-41H,1-4H3. The minimum absolute atomic E-state index is 0.0161. The summed E-state index contributed by atoms with van der Waals surface area (Å²) in [6.45, 7) is 8.20. The number of hydrogen-bond acceptors (Lipinski definition) is 1. The summed E-state index contributed by atoms with van der Waals surface area (Å²) in [6, 6.07) is 73.1. The van der Waals surface area contributed by atoms with Gasteiger partial charge in [-0.2, -0.15) is 31.6 Å². The largest absolute Gasteiger partial charge is 0.417 e. The zero-order valence-electron chi connectivity index (χ0n) is 45.0. The molecular formula is C73H49F6N3. The molecule has 0 aliphatic carbocycles. The van der Waals surface area contributed by atoms with Crippen LogP contribution < -0.4 is 0 Å². The highest BCUT2D eigenvalue weighted by atomic mass is 19.4. The van der Waals surface area contributed by atoms with E-state index in [1.165, 1.54) is 6.07 Å². The Morgan fingerprint density at radius 3 is 1.22 bits per heavy atom. The predicted octanol–water partition coefficient (Wildman–Crippen LogP) is 21.0. The monoisotopic (exact) mass is 1080 g/mol. The number of alkyl halides is 6. The first kappa shape index (κ1) is 51.5. The highest BCUT2D eigenvalue weighted by Gasteiger charge is 2.39. The zero-order chi connectivity index (χ0) is 56.8. The molecule has 11 aromatic carbocycles. The molecule has 0 saturated heterocycles. The maximum absolute atomic E-state index is 15.2. The Morgan fingerprint density at radius 2 is 0.768 bits per heavy atom. The normalized spacial score (nSPS) is 12.0. The molecule has 398 valence electrons. The van der Waals surface area contributed by atoms with Crippen molar-refractivity contribution in [1.82, 2.24) is 9.13 Å². The van der Waals surface area contributed by atoms with Crippen LogP contribution >= 0.6 is 0 Å². The van der Waals surface area contributed by atoms with Gasteiger partial charge in [0.15, 0.2) is 0 Å². The van der Waals surface area contributed by atoms with Gasteiger partial charge in [-0.25, -0.2) is 0 Å². The maximum atomic E-state index is 15.2. The summed E-state index contributed by atoms with van der Waals surface area (Å²) in [7, 11) is 0. The van der Waals surface area contributed by atoms with Gasteiger partial charge in [0.1, 0.15) is 0 Å². The molecule has 0 amide bonds. The number of halogens is 6. The predicted molar refractivity (Wildman–Crippen MR) is 321 cm³/mol. The van der Waals surface area contributed by atoms with E-state index < -0.39 is 29.0 Å². The van der Waals surface area contributed by atoms with E-state index in [0.717, 1.165) is 116 Å². The number of aromatic nitrogens is 2. The highest BCUT2D eigenvalue weighted by Crippen LogP contribution is 2.46. The lowest BCUT2D eigenvalue weighted by Gasteiger charge is -2.20. The lowest BCUT2D eigenvalue weighted by atomic mass is 9.91. The second-order valence-electron chi connectivity index (χ2n) is 21.4. The molecule has 0 saturated carbocycles. The summed E-state index contributed by atoms with van der Waals surface area (Å²) in [4.78, 5) is 0. The molecule has 9 heteroatoms. The zero-order valence-corrected chi connectivity index (χ0v) is 45.0. The molecular weight excluding hydrogens is 1030 g/mol. The summed E-state index contributed by atoms with van der Waals surface area (Å²) in [5, 5.41) is 15.0. The molecule has 0 spiro atoms. The SMILES string of the molecule is Cc1ccc(-c2ccc3c(c2)c2cc(-c4ccc(C)cc4)ccc2n3-c2ccc(C#N)c(-c3cc(-c4ccc(C(F)(F)F)cc4C(F)(F)F)ccc3-n3c4ccc(-c5ccc(C)cc5)cc4c4cc(-c5cccc(C)c5)ccc43)c2)cc1. The van der Waals surface area contributed by atoms with E-state index in [4.69, 9.17) is 0 Å². The van der Waals surface area contributed by atoms with Crippen LogP contribution in [0.5, 0.6) is 0 Å². The lowest BCUT2D eigenvalue weighted by Crippen LogP contribution is -2.12. The number of aryl methyl sites for hydroxylation is 4. The molecule has 82 heavy (non-hydrogen) atoms. The summed E-state index contributed by atoms with van der Waals surface area (Å²) in [6.07, 6.45) is -10.2. The third-order valence-electron chi connectivity index (χ3n) is 15.9. The van der Waals surface area contributed by atoms with Crippen LogP contribution in [0.4, 0.5) is 26.3 Å². The number of fused-ring (bicyclic) bond motifs is 6. The van der Waals surface area contributed by atoms with Gasteiger partial charge in [-0.05, 0) is 174 Å². The van der Waals surface area contributed by atoms with Gasteiger partial charge in [-0.15, -0.1) is 0 Å². The van der Waals surface area contributed by atoms with Gasteiger partial charge in [0.25, 0.3) is 0 Å². The Kier molecular flexibility index (Phi) is 12.4. The van der Waals surface area contributed by atoms with Gasteiger partial charge in [0.05, 0.1) is 50.5 Å². The van der Waals surface area contributed by atoms with Crippen molar-refractivity contribution in [3.63, 3.8) is 0 Å². The van der Waals surface area contributed by atoms with E-state index in [1.807, 2.05) is 56.3 Å². The third kappa shape index (κ3) is 9.16. The van der Waals surface area contributed by atoms with E-state index in [1.54, 1.807) is 18.2 Å². The summed E-state index contributed by atoms with van der Waals surface area (Å²) in [5.74, 6) is 0. The molecule has 0 aliphatic heterocycles. The van der Waals surface area contributed by atoms with Gasteiger partial charge in [-0.1, -0.05) is 156 Å². The van der Waals surface area contributed by atoms with Crippen LogP contribution in [0.2, 0.25) is 0 Å². The molecule has 0 radical (unpaired) electrons. The van der Waals surface area contributed by atoms with Crippen LogP contribution in [-0.2, 0) is 12.4 Å². The minimum atomic E-state index is -5.15. The quantitative estimate of drug-likeness (QED) is 0.140. The average Bonchev–Trinajstić information content (AvgIpc) is 4.22. The van der Waals surface area contributed by atoms with Crippen molar-refractivity contribution in [2.24, 2.45) is 0 Å². The molecule has 0 N–H and O–H groups in total. The topological polar surface area (TPSA) is 33.6 Å². The smallest absolute Gasteiger partial charge is 0.309 e. The lowest BCUT2D eigenvalue weighted by molar-refractivity contribution is -0.142. The molecule has 3 nitrogen and oxygen atoms in total. The van der Waals surface area contributed by atoms with Crippen LogP contribution in [0.3, 0.4) is 0 Å². The molecule has 0 bridgehead atoms. The van der Waals surface area contributed by atoms with Gasteiger partial charge in [0, 0.05) is 38.4 Å². The van der Waals surface area contributed by atoms with Crippen LogP contribution in [0.25, 0.3) is 122 Å². The van der Waals surface area contributed by atoms with E-state index >= 15 is 13.2 Å². The van der Waals surface area contributed by atoms with Gasteiger partial charge in [-0.3, -0.25) is 0 Å². The van der Waals surface area contributed by atoms with Crippen molar-refractivity contribution >= 4 is 43.6 Å². The Bertz CT molecular complexity index is 4640. The van der Waals surface area contributed by atoms with Crippen molar-refractivity contribution in [3.05, 3.63) is 263 Å².